The van der Waals surface area contributed by atoms with Crippen molar-refractivity contribution in [2.24, 2.45) is 0 Å². The van der Waals surface area contributed by atoms with Crippen molar-refractivity contribution in [3.63, 3.8) is 0 Å². The lowest BCUT2D eigenvalue weighted by Gasteiger charge is -2.14. The predicted octanol–water partition coefficient (Wildman–Crippen LogP) is 5.92. The van der Waals surface area contributed by atoms with Crippen molar-refractivity contribution in [3.8, 4) is 5.75 Å². The van der Waals surface area contributed by atoms with Crippen molar-refractivity contribution in [2.45, 2.75) is 17.1 Å². The van der Waals surface area contributed by atoms with Crippen molar-refractivity contribution in [1.29, 1.82) is 0 Å². The van der Waals surface area contributed by atoms with Gasteiger partial charge in [-0.15, -0.1) is 11.8 Å². The first kappa shape index (κ1) is 30.6. The molecule has 4 N–H and O–H groups in total. The first-order chi connectivity index (χ1) is 20.7. The molecule has 0 bridgehead atoms. The van der Waals surface area contributed by atoms with Gasteiger partial charge in [0.15, 0.2) is 0 Å². The number of rotatable bonds is 11. The molecule has 4 aromatic rings. The highest BCUT2D eigenvalue weighted by molar-refractivity contribution is 8.00. The number of thioether (sulfide) groups is 1. The summed E-state index contributed by atoms with van der Waals surface area (Å²) in [6.45, 7) is 1.72. The number of benzene rings is 4. The van der Waals surface area contributed by atoms with E-state index in [2.05, 4.69) is 16.0 Å². The van der Waals surface area contributed by atoms with Gasteiger partial charge >= 0.3 is 5.97 Å². The number of nitrogens with one attached hydrogen (secondary N) is 3. The minimum absolute atomic E-state index is 0.0245. The highest BCUT2D eigenvalue weighted by Gasteiger charge is 2.18. The van der Waals surface area contributed by atoms with Crippen molar-refractivity contribution in [1.82, 2.24) is 5.32 Å². The molecule has 0 heterocycles. The van der Waals surface area contributed by atoms with E-state index in [9.17, 15) is 24.3 Å². The summed E-state index contributed by atoms with van der Waals surface area (Å²) < 4.78 is 5.28. The lowest BCUT2D eigenvalue weighted by atomic mass is 10.1. The van der Waals surface area contributed by atoms with Crippen LogP contribution in [0.1, 0.15) is 33.2 Å². The van der Waals surface area contributed by atoms with Gasteiger partial charge in [0.1, 0.15) is 11.4 Å². The Balaban J connectivity index is 1.48. The summed E-state index contributed by atoms with van der Waals surface area (Å²) in [5, 5.41) is 16.9. The van der Waals surface area contributed by atoms with Crippen LogP contribution in [-0.2, 0) is 9.59 Å². The van der Waals surface area contributed by atoms with Crippen LogP contribution in [0.2, 0.25) is 0 Å². The fourth-order valence-electron chi connectivity index (χ4n) is 3.92. The zero-order chi connectivity index (χ0) is 30.8. The molecule has 0 radical (unpaired) electrons. The van der Waals surface area contributed by atoms with Crippen LogP contribution in [0.25, 0.3) is 6.08 Å². The molecule has 10 heteroatoms. The summed E-state index contributed by atoms with van der Waals surface area (Å²) in [6, 6.07) is 28.6. The molecule has 0 saturated heterocycles. The normalized spacial score (nSPS) is 11.6. The molecule has 0 fully saturated rings. The fraction of sp³-hybridized carbons (Fsp3) is 0.0909. The molecule has 0 aromatic heterocycles. The number of carbonyl (C=O) groups excluding carboxylic acids is 3. The maximum Gasteiger partial charge on any atom is 0.335 e. The van der Waals surface area contributed by atoms with Crippen molar-refractivity contribution >= 4 is 52.9 Å². The molecule has 1 atom stereocenters. The Morgan fingerprint density at radius 2 is 1.47 bits per heavy atom. The zero-order valence-corrected chi connectivity index (χ0v) is 24.2. The van der Waals surface area contributed by atoms with Gasteiger partial charge in [-0.25, -0.2) is 4.79 Å². The summed E-state index contributed by atoms with van der Waals surface area (Å²) in [5.74, 6) is -1.78. The standard InChI is InChI=1S/C33H29N3O6S/c1-21(30(37)34-25-13-7-12-24(19-25)33(40)41)43-28-16-8-14-26(20-28)35-32(39)29(18-22-9-6-15-27(17-22)42-2)36-31(38)23-10-4-3-5-11-23/h3-21H,1-2H3,(H,34,37)(H,35,39)(H,36,38)(H,40,41)/b29-18-. The molecule has 0 aliphatic rings. The summed E-state index contributed by atoms with van der Waals surface area (Å²) in [6.07, 6.45) is 1.56. The van der Waals surface area contributed by atoms with E-state index in [0.29, 0.717) is 33.1 Å². The van der Waals surface area contributed by atoms with Crippen LogP contribution < -0.4 is 20.7 Å². The van der Waals surface area contributed by atoms with Gasteiger partial charge in [0, 0.05) is 21.8 Å². The number of hydrogen-bond acceptors (Lipinski definition) is 6. The molecule has 3 amide bonds. The largest absolute Gasteiger partial charge is 0.497 e. The highest BCUT2D eigenvalue weighted by atomic mass is 32.2. The Morgan fingerprint density at radius 1 is 0.791 bits per heavy atom. The SMILES string of the molecule is COc1cccc(/C=C(\NC(=O)c2ccccc2)C(=O)Nc2cccc(SC(C)C(=O)Nc3cccc(C(=O)O)c3)c2)c1. The monoisotopic (exact) mass is 595 g/mol. The number of hydrogen-bond donors (Lipinski definition) is 4. The zero-order valence-electron chi connectivity index (χ0n) is 23.4. The van der Waals surface area contributed by atoms with Crippen LogP contribution in [0.3, 0.4) is 0 Å². The first-order valence-electron chi connectivity index (χ1n) is 13.2. The van der Waals surface area contributed by atoms with E-state index in [1.807, 2.05) is 0 Å². The van der Waals surface area contributed by atoms with Gasteiger partial charge in [-0.1, -0.05) is 42.5 Å². The highest BCUT2D eigenvalue weighted by Crippen LogP contribution is 2.27. The maximum absolute atomic E-state index is 13.4. The second-order valence-corrected chi connectivity index (χ2v) is 10.7. The van der Waals surface area contributed by atoms with Gasteiger partial charge in [-0.3, -0.25) is 14.4 Å². The van der Waals surface area contributed by atoms with Gasteiger partial charge in [0.05, 0.1) is 17.9 Å². The van der Waals surface area contributed by atoms with Crippen molar-refractivity contribution < 1.29 is 29.0 Å². The topological polar surface area (TPSA) is 134 Å². The van der Waals surface area contributed by atoms with Crippen LogP contribution in [-0.4, -0.2) is 41.2 Å². The number of anilines is 2. The second kappa shape index (κ2) is 14.5. The molecule has 9 nitrogen and oxygen atoms in total. The quantitative estimate of drug-likeness (QED) is 0.125. The lowest BCUT2D eigenvalue weighted by molar-refractivity contribution is -0.115. The van der Waals surface area contributed by atoms with Gasteiger partial charge in [0.25, 0.3) is 11.8 Å². The molecule has 0 spiro atoms. The second-order valence-electron chi connectivity index (χ2n) is 9.27. The van der Waals surface area contributed by atoms with Crippen LogP contribution in [0.4, 0.5) is 11.4 Å². The van der Waals surface area contributed by atoms with Crippen LogP contribution in [0.15, 0.2) is 114 Å². The Bertz CT molecular complexity index is 1670. The van der Waals surface area contributed by atoms with Gasteiger partial charge in [-0.05, 0) is 79.2 Å². The average Bonchev–Trinajstić information content (AvgIpc) is 3.01. The minimum Gasteiger partial charge on any atom is -0.497 e. The van der Waals surface area contributed by atoms with Crippen LogP contribution in [0.5, 0.6) is 5.75 Å². The summed E-state index contributed by atoms with van der Waals surface area (Å²) in [5.41, 5.74) is 1.98. The Morgan fingerprint density at radius 3 is 2.19 bits per heavy atom. The average molecular weight is 596 g/mol. The molecule has 1 unspecified atom stereocenters. The number of carboxylic acid groups (broad SMARTS) is 1. The molecule has 0 aliphatic heterocycles. The van der Waals surface area contributed by atoms with Crippen molar-refractivity contribution in [2.75, 3.05) is 17.7 Å². The predicted molar refractivity (Wildman–Crippen MR) is 167 cm³/mol. The van der Waals surface area contributed by atoms with Gasteiger partial charge < -0.3 is 25.8 Å². The molecular formula is C33H29N3O6S. The maximum atomic E-state index is 13.4. The molecule has 43 heavy (non-hydrogen) atoms. The third-order valence-electron chi connectivity index (χ3n) is 6.08. The Hall–Kier alpha value is -5.35. The van der Waals surface area contributed by atoms with Gasteiger partial charge in [0.2, 0.25) is 5.91 Å². The number of methoxy groups -OCH3 is 1. The number of carbonyl (C=O) groups is 4. The lowest BCUT2D eigenvalue weighted by Crippen LogP contribution is -2.30. The first-order valence-corrected chi connectivity index (χ1v) is 14.0. The third kappa shape index (κ3) is 8.82. The van der Waals surface area contributed by atoms with E-state index in [-0.39, 0.29) is 17.2 Å². The summed E-state index contributed by atoms with van der Waals surface area (Å²) in [4.78, 5) is 51.1. The van der Waals surface area contributed by atoms with Crippen LogP contribution >= 0.6 is 11.8 Å². The van der Waals surface area contributed by atoms with E-state index < -0.39 is 23.0 Å². The van der Waals surface area contributed by atoms with Crippen LogP contribution in [0, 0.1) is 0 Å². The molecular weight excluding hydrogens is 566 g/mol. The van der Waals surface area contributed by atoms with Crippen molar-refractivity contribution in [3.05, 3.63) is 126 Å². The van der Waals surface area contributed by atoms with E-state index in [0.717, 1.165) is 0 Å². The molecule has 4 aromatic carbocycles. The Labute approximate surface area is 253 Å². The fourth-order valence-corrected chi connectivity index (χ4v) is 4.84. The number of amides is 3. The van der Waals surface area contributed by atoms with E-state index >= 15 is 0 Å². The third-order valence-corrected chi connectivity index (χ3v) is 7.18. The number of aromatic carboxylic acids is 1. The van der Waals surface area contributed by atoms with E-state index in [4.69, 9.17) is 4.74 Å². The summed E-state index contributed by atoms with van der Waals surface area (Å²) >= 11 is 1.27. The van der Waals surface area contributed by atoms with Gasteiger partial charge in [-0.2, -0.15) is 0 Å². The Kier molecular flexibility index (Phi) is 10.3. The van der Waals surface area contributed by atoms with E-state index in [1.54, 1.807) is 111 Å². The van der Waals surface area contributed by atoms with E-state index in [1.165, 1.54) is 23.9 Å². The molecule has 0 aliphatic carbocycles. The summed E-state index contributed by atoms with van der Waals surface area (Å²) in [7, 11) is 1.54. The molecule has 0 saturated carbocycles. The number of ether oxygens (including phenoxy) is 1. The minimum atomic E-state index is -1.08. The number of carboxylic acids is 1. The molecule has 218 valence electrons. The molecule has 4 rings (SSSR count). The smallest absolute Gasteiger partial charge is 0.335 e.